The number of benzene rings is 1. The van der Waals surface area contributed by atoms with E-state index in [1.54, 1.807) is 0 Å². The zero-order valence-corrected chi connectivity index (χ0v) is 13.7. The van der Waals surface area contributed by atoms with Crippen molar-refractivity contribution in [1.82, 2.24) is 4.72 Å². The Kier molecular flexibility index (Phi) is 5.68. The van der Waals surface area contributed by atoms with Crippen molar-refractivity contribution in [2.75, 3.05) is 0 Å². The second-order valence-corrected chi connectivity index (χ2v) is 8.03. The first kappa shape index (κ1) is 17.1. The Bertz CT molecular complexity index is 554. The van der Waals surface area contributed by atoms with Gasteiger partial charge in [0, 0.05) is 5.54 Å². The molecule has 1 rings (SSSR count). The Morgan fingerprint density at radius 3 is 2.40 bits per heavy atom. The lowest BCUT2D eigenvalue weighted by molar-refractivity contribution is 0.421. The van der Waals surface area contributed by atoms with Gasteiger partial charge in [0.05, 0.1) is 4.99 Å². The minimum absolute atomic E-state index is 0.0173. The number of nitrogens with two attached hydrogens (primary N) is 1. The van der Waals surface area contributed by atoms with Crippen LogP contribution in [-0.2, 0) is 16.4 Å². The zero-order chi connectivity index (χ0) is 15.4. The number of hydrogen-bond acceptors (Lipinski definition) is 3. The van der Waals surface area contributed by atoms with Gasteiger partial charge < -0.3 is 5.73 Å². The van der Waals surface area contributed by atoms with Gasteiger partial charge in [-0.2, -0.15) is 0 Å². The Morgan fingerprint density at radius 1 is 1.35 bits per heavy atom. The number of sulfonamides is 1. The minimum atomic E-state index is -3.54. The van der Waals surface area contributed by atoms with Crippen LogP contribution < -0.4 is 10.5 Å². The topological polar surface area (TPSA) is 72.2 Å². The molecule has 3 N–H and O–H groups in total. The van der Waals surface area contributed by atoms with E-state index in [0.717, 1.165) is 6.42 Å². The molecule has 0 amide bonds. The van der Waals surface area contributed by atoms with E-state index in [-0.39, 0.29) is 4.99 Å². The fraction of sp³-hybridized carbons (Fsp3) is 0.500. The summed E-state index contributed by atoms with van der Waals surface area (Å²) in [5.74, 6) is 0. The molecule has 0 spiro atoms. The molecule has 0 saturated heterocycles. The summed E-state index contributed by atoms with van der Waals surface area (Å²) in [4.78, 5) is -0.0173. The summed E-state index contributed by atoms with van der Waals surface area (Å²) in [6, 6.07) is 9.97. The number of aryl methyl sites for hydroxylation is 1. The maximum atomic E-state index is 12.1. The molecule has 0 aromatic heterocycles. The van der Waals surface area contributed by atoms with E-state index in [2.05, 4.69) is 4.72 Å². The third kappa shape index (κ3) is 5.19. The summed E-state index contributed by atoms with van der Waals surface area (Å²) in [5.41, 5.74) is 6.05. The number of thiocarbonyl (C=S) groups is 1. The molecule has 0 heterocycles. The van der Waals surface area contributed by atoms with Gasteiger partial charge in [0.2, 0.25) is 10.0 Å². The second-order valence-electron chi connectivity index (χ2n) is 5.56. The highest BCUT2D eigenvalue weighted by Gasteiger charge is 2.30. The Balaban J connectivity index is 2.68. The Morgan fingerprint density at radius 2 is 1.90 bits per heavy atom. The molecular formula is C14H22N2O2S2. The standard InChI is InChI=1S/C14H22N2O2S2/c1-11(13(15)19)20(17,18)16-14(2,3)10-9-12-7-5-4-6-8-12/h4-8,11,16H,9-10H2,1-3H3,(H2,15,19). The molecule has 0 aliphatic carbocycles. The van der Waals surface area contributed by atoms with Crippen LogP contribution in [-0.4, -0.2) is 24.2 Å². The second kappa shape index (κ2) is 6.65. The predicted octanol–water partition coefficient (Wildman–Crippen LogP) is 1.99. The molecule has 1 atom stereocenters. The molecule has 1 aromatic carbocycles. The van der Waals surface area contributed by atoms with E-state index in [1.165, 1.54) is 12.5 Å². The van der Waals surface area contributed by atoms with Crippen LogP contribution in [0, 0.1) is 0 Å². The first-order chi connectivity index (χ1) is 9.14. The SMILES string of the molecule is CC(C(N)=S)S(=O)(=O)NC(C)(C)CCc1ccccc1. The van der Waals surface area contributed by atoms with Crippen LogP contribution in [0.3, 0.4) is 0 Å². The van der Waals surface area contributed by atoms with Crippen molar-refractivity contribution in [3.8, 4) is 0 Å². The predicted molar refractivity (Wildman–Crippen MR) is 87.1 cm³/mol. The number of rotatable bonds is 7. The van der Waals surface area contributed by atoms with Crippen molar-refractivity contribution in [3.05, 3.63) is 35.9 Å². The van der Waals surface area contributed by atoms with Crippen LogP contribution in [0.15, 0.2) is 30.3 Å². The van der Waals surface area contributed by atoms with Gasteiger partial charge >= 0.3 is 0 Å². The lowest BCUT2D eigenvalue weighted by Crippen LogP contribution is -2.49. The normalized spacial score (nSPS) is 13.9. The van der Waals surface area contributed by atoms with E-state index in [9.17, 15) is 8.42 Å². The smallest absolute Gasteiger partial charge is 0.221 e. The highest BCUT2D eigenvalue weighted by Crippen LogP contribution is 2.16. The lowest BCUT2D eigenvalue weighted by atomic mass is 9.97. The number of hydrogen-bond donors (Lipinski definition) is 2. The molecule has 1 aromatic rings. The summed E-state index contributed by atoms with van der Waals surface area (Å²) in [6.07, 6.45) is 1.50. The third-order valence-electron chi connectivity index (χ3n) is 3.17. The van der Waals surface area contributed by atoms with Gasteiger partial charge in [-0.25, -0.2) is 13.1 Å². The van der Waals surface area contributed by atoms with Crippen molar-refractivity contribution in [2.24, 2.45) is 5.73 Å². The molecule has 0 saturated carbocycles. The lowest BCUT2D eigenvalue weighted by Gasteiger charge is -2.27. The molecule has 0 bridgehead atoms. The van der Waals surface area contributed by atoms with Crippen LogP contribution in [0.1, 0.15) is 32.8 Å². The molecule has 0 aliphatic heterocycles. The van der Waals surface area contributed by atoms with Gasteiger partial charge in [-0.15, -0.1) is 0 Å². The molecule has 0 aliphatic rings. The van der Waals surface area contributed by atoms with Crippen LogP contribution >= 0.6 is 12.2 Å². The van der Waals surface area contributed by atoms with Gasteiger partial charge in [-0.3, -0.25) is 0 Å². The molecule has 1 unspecified atom stereocenters. The number of nitrogens with one attached hydrogen (secondary N) is 1. The molecule has 0 radical (unpaired) electrons. The van der Waals surface area contributed by atoms with E-state index < -0.39 is 20.8 Å². The quantitative estimate of drug-likeness (QED) is 0.755. The van der Waals surface area contributed by atoms with E-state index in [4.69, 9.17) is 18.0 Å². The summed E-state index contributed by atoms with van der Waals surface area (Å²) in [5, 5.41) is -0.867. The largest absolute Gasteiger partial charge is 0.392 e. The molecular weight excluding hydrogens is 292 g/mol. The Hall–Kier alpha value is -0.980. The molecule has 20 heavy (non-hydrogen) atoms. The average Bonchev–Trinajstić information content (AvgIpc) is 2.35. The fourth-order valence-electron chi connectivity index (χ4n) is 1.78. The molecule has 112 valence electrons. The maximum Gasteiger partial charge on any atom is 0.221 e. The summed E-state index contributed by atoms with van der Waals surface area (Å²) >= 11 is 4.76. The van der Waals surface area contributed by atoms with Gasteiger partial charge in [0.25, 0.3) is 0 Å². The van der Waals surface area contributed by atoms with Gasteiger partial charge in [0.15, 0.2) is 0 Å². The van der Waals surface area contributed by atoms with Crippen molar-refractivity contribution in [1.29, 1.82) is 0 Å². The average molecular weight is 314 g/mol. The van der Waals surface area contributed by atoms with Crippen molar-refractivity contribution in [2.45, 2.75) is 44.4 Å². The maximum absolute atomic E-state index is 12.1. The fourth-order valence-corrected chi connectivity index (χ4v) is 3.51. The van der Waals surface area contributed by atoms with Crippen molar-refractivity contribution >= 4 is 27.2 Å². The van der Waals surface area contributed by atoms with E-state index in [0.29, 0.717) is 6.42 Å². The Labute approximate surface area is 126 Å². The van der Waals surface area contributed by atoms with Crippen LogP contribution in [0.4, 0.5) is 0 Å². The van der Waals surface area contributed by atoms with Crippen LogP contribution in [0.2, 0.25) is 0 Å². The summed E-state index contributed by atoms with van der Waals surface area (Å²) < 4.78 is 26.9. The molecule has 4 nitrogen and oxygen atoms in total. The minimum Gasteiger partial charge on any atom is -0.392 e. The van der Waals surface area contributed by atoms with Crippen LogP contribution in [0.5, 0.6) is 0 Å². The summed E-state index contributed by atoms with van der Waals surface area (Å²) in [6.45, 7) is 5.22. The highest BCUT2D eigenvalue weighted by atomic mass is 32.2. The van der Waals surface area contributed by atoms with Crippen LogP contribution in [0.25, 0.3) is 0 Å². The third-order valence-corrected chi connectivity index (χ3v) is 5.69. The monoisotopic (exact) mass is 314 g/mol. The first-order valence-electron chi connectivity index (χ1n) is 6.50. The van der Waals surface area contributed by atoms with Gasteiger partial charge in [-0.1, -0.05) is 42.5 Å². The van der Waals surface area contributed by atoms with Crippen molar-refractivity contribution < 1.29 is 8.42 Å². The summed E-state index contributed by atoms with van der Waals surface area (Å²) in [7, 11) is -3.54. The first-order valence-corrected chi connectivity index (χ1v) is 8.45. The zero-order valence-electron chi connectivity index (χ0n) is 12.1. The molecule has 0 fully saturated rings. The highest BCUT2D eigenvalue weighted by molar-refractivity contribution is 7.93. The van der Waals surface area contributed by atoms with Gasteiger partial charge in [-0.05, 0) is 39.2 Å². The van der Waals surface area contributed by atoms with Gasteiger partial charge in [0.1, 0.15) is 5.25 Å². The van der Waals surface area contributed by atoms with E-state index in [1.807, 2.05) is 44.2 Å². The van der Waals surface area contributed by atoms with Crippen molar-refractivity contribution in [3.63, 3.8) is 0 Å². The molecule has 6 heteroatoms. The van der Waals surface area contributed by atoms with E-state index >= 15 is 0 Å².